The first-order chi connectivity index (χ1) is 9.98. The Morgan fingerprint density at radius 3 is 2.62 bits per heavy atom. The fraction of sp³-hybridized carbons (Fsp3) is 0.600. The fourth-order valence-electron chi connectivity index (χ4n) is 1.92. The zero-order valence-electron chi connectivity index (χ0n) is 12.7. The van der Waals surface area contributed by atoms with Gasteiger partial charge < -0.3 is 10.1 Å². The van der Waals surface area contributed by atoms with Crippen LogP contribution in [0.3, 0.4) is 0 Å². The number of nitrogens with one attached hydrogen (secondary N) is 1. The molecule has 0 saturated heterocycles. The largest absolute Gasteiger partial charge is 0.492 e. The van der Waals surface area contributed by atoms with Gasteiger partial charge in [-0.05, 0) is 37.6 Å². The summed E-state index contributed by atoms with van der Waals surface area (Å²) in [4.78, 5) is 0. The average Bonchev–Trinajstić information content (AvgIpc) is 2.41. The lowest BCUT2D eigenvalue weighted by molar-refractivity contribution is 0.336. The SMILES string of the molecule is CCCNCc1cc(Cl)ccc1OCCS(=O)(=O)CCC. The van der Waals surface area contributed by atoms with Crippen LogP contribution in [0.4, 0.5) is 0 Å². The van der Waals surface area contributed by atoms with Crippen LogP contribution in [-0.2, 0) is 16.4 Å². The summed E-state index contributed by atoms with van der Waals surface area (Å²) in [5.41, 5.74) is 0.948. The van der Waals surface area contributed by atoms with E-state index in [4.69, 9.17) is 16.3 Å². The van der Waals surface area contributed by atoms with Gasteiger partial charge in [-0.2, -0.15) is 0 Å². The fourth-order valence-corrected chi connectivity index (χ4v) is 3.28. The molecular formula is C15H24ClNO3S. The zero-order valence-corrected chi connectivity index (χ0v) is 14.3. The first-order valence-corrected chi connectivity index (χ1v) is 9.50. The van der Waals surface area contributed by atoms with Gasteiger partial charge in [0.05, 0.1) is 11.5 Å². The summed E-state index contributed by atoms with van der Waals surface area (Å²) in [6, 6.07) is 5.39. The molecule has 0 unspecified atom stereocenters. The second-order valence-corrected chi connectivity index (χ2v) is 7.67. The predicted molar refractivity (Wildman–Crippen MR) is 87.9 cm³/mol. The molecule has 0 atom stereocenters. The number of sulfone groups is 1. The summed E-state index contributed by atoms with van der Waals surface area (Å²) in [6.45, 7) is 5.70. The molecule has 0 aliphatic heterocycles. The van der Waals surface area contributed by atoms with Crippen LogP contribution in [0.5, 0.6) is 5.75 Å². The number of rotatable bonds is 10. The Hall–Kier alpha value is -0.780. The molecule has 1 aromatic rings. The molecule has 0 aliphatic carbocycles. The number of hydrogen-bond donors (Lipinski definition) is 1. The average molecular weight is 334 g/mol. The highest BCUT2D eigenvalue weighted by Crippen LogP contribution is 2.23. The van der Waals surface area contributed by atoms with E-state index < -0.39 is 9.84 Å². The predicted octanol–water partition coefficient (Wildman–Crippen LogP) is 3.04. The van der Waals surface area contributed by atoms with Crippen molar-refractivity contribution in [1.29, 1.82) is 0 Å². The van der Waals surface area contributed by atoms with Crippen molar-refractivity contribution in [3.8, 4) is 5.75 Å². The van der Waals surface area contributed by atoms with Gasteiger partial charge in [-0.25, -0.2) is 8.42 Å². The van der Waals surface area contributed by atoms with Crippen molar-refractivity contribution in [1.82, 2.24) is 5.32 Å². The minimum atomic E-state index is -3.01. The molecule has 4 nitrogen and oxygen atoms in total. The first-order valence-electron chi connectivity index (χ1n) is 7.31. The molecule has 0 aliphatic rings. The maximum atomic E-state index is 11.7. The van der Waals surface area contributed by atoms with Crippen molar-refractivity contribution in [2.75, 3.05) is 24.7 Å². The van der Waals surface area contributed by atoms with Crippen molar-refractivity contribution in [2.24, 2.45) is 0 Å². The van der Waals surface area contributed by atoms with E-state index in [0.29, 0.717) is 23.7 Å². The minimum Gasteiger partial charge on any atom is -0.492 e. The van der Waals surface area contributed by atoms with Crippen molar-refractivity contribution < 1.29 is 13.2 Å². The lowest BCUT2D eigenvalue weighted by atomic mass is 10.2. The van der Waals surface area contributed by atoms with Crippen molar-refractivity contribution >= 4 is 21.4 Å². The van der Waals surface area contributed by atoms with E-state index >= 15 is 0 Å². The summed E-state index contributed by atoms with van der Waals surface area (Å²) in [5, 5.41) is 3.94. The van der Waals surface area contributed by atoms with Crippen LogP contribution in [0.1, 0.15) is 32.3 Å². The van der Waals surface area contributed by atoms with E-state index in [9.17, 15) is 8.42 Å². The highest BCUT2D eigenvalue weighted by Gasteiger charge is 2.11. The molecule has 21 heavy (non-hydrogen) atoms. The molecular weight excluding hydrogens is 310 g/mol. The standard InChI is InChI=1S/C15H24ClNO3S/c1-3-7-17-12-13-11-14(16)5-6-15(13)20-8-10-21(18,19)9-4-2/h5-6,11,17H,3-4,7-10,12H2,1-2H3. The third-order valence-electron chi connectivity index (χ3n) is 2.93. The number of halogens is 1. The van der Waals surface area contributed by atoms with Gasteiger partial charge in [0.15, 0.2) is 9.84 Å². The van der Waals surface area contributed by atoms with Gasteiger partial charge in [-0.15, -0.1) is 0 Å². The Bertz CT molecular complexity index is 532. The minimum absolute atomic E-state index is 0.0469. The van der Waals surface area contributed by atoms with E-state index in [1.165, 1.54) is 0 Å². The normalized spacial score (nSPS) is 11.6. The van der Waals surface area contributed by atoms with Crippen LogP contribution in [-0.4, -0.2) is 33.1 Å². The zero-order chi connectivity index (χ0) is 15.7. The van der Waals surface area contributed by atoms with Crippen LogP contribution in [0, 0.1) is 0 Å². The summed E-state index contributed by atoms with van der Waals surface area (Å²) in [7, 11) is -3.01. The number of ether oxygens (including phenoxy) is 1. The molecule has 0 saturated carbocycles. The number of hydrogen-bond acceptors (Lipinski definition) is 4. The van der Waals surface area contributed by atoms with Crippen LogP contribution in [0.2, 0.25) is 5.02 Å². The maximum Gasteiger partial charge on any atom is 0.153 e. The maximum absolute atomic E-state index is 11.7. The molecule has 1 rings (SSSR count). The summed E-state index contributed by atoms with van der Waals surface area (Å²) in [6.07, 6.45) is 1.68. The van der Waals surface area contributed by atoms with Crippen molar-refractivity contribution in [3.05, 3.63) is 28.8 Å². The van der Waals surface area contributed by atoms with E-state index in [-0.39, 0.29) is 18.1 Å². The second-order valence-electron chi connectivity index (χ2n) is 4.93. The Morgan fingerprint density at radius 1 is 1.19 bits per heavy atom. The van der Waals surface area contributed by atoms with Gasteiger partial charge in [0.25, 0.3) is 0 Å². The van der Waals surface area contributed by atoms with E-state index in [1.54, 1.807) is 12.1 Å². The van der Waals surface area contributed by atoms with Crippen LogP contribution < -0.4 is 10.1 Å². The first kappa shape index (κ1) is 18.3. The van der Waals surface area contributed by atoms with Crippen LogP contribution >= 0.6 is 11.6 Å². The van der Waals surface area contributed by atoms with Gasteiger partial charge in [-0.3, -0.25) is 0 Å². The third kappa shape index (κ3) is 7.16. The third-order valence-corrected chi connectivity index (χ3v) is 4.99. The molecule has 0 heterocycles. The van der Waals surface area contributed by atoms with Gasteiger partial charge in [0.2, 0.25) is 0 Å². The second kappa shape index (κ2) is 9.28. The smallest absolute Gasteiger partial charge is 0.153 e. The molecule has 0 fully saturated rings. The van der Waals surface area contributed by atoms with Crippen molar-refractivity contribution in [2.45, 2.75) is 33.2 Å². The molecule has 0 amide bonds. The molecule has 6 heteroatoms. The van der Waals surface area contributed by atoms with Crippen LogP contribution in [0.25, 0.3) is 0 Å². The summed E-state index contributed by atoms with van der Waals surface area (Å²) < 4.78 is 28.9. The van der Waals surface area contributed by atoms with E-state index in [0.717, 1.165) is 18.5 Å². The van der Waals surface area contributed by atoms with Gasteiger partial charge >= 0.3 is 0 Å². The molecule has 120 valence electrons. The summed E-state index contributed by atoms with van der Waals surface area (Å²) in [5.74, 6) is 0.947. The quantitative estimate of drug-likeness (QED) is 0.669. The van der Waals surface area contributed by atoms with Crippen molar-refractivity contribution in [3.63, 3.8) is 0 Å². The number of benzene rings is 1. The van der Waals surface area contributed by atoms with Gasteiger partial charge in [0, 0.05) is 17.1 Å². The molecule has 1 aromatic carbocycles. The van der Waals surface area contributed by atoms with Crippen LogP contribution in [0.15, 0.2) is 18.2 Å². The molecule has 0 spiro atoms. The highest BCUT2D eigenvalue weighted by atomic mass is 35.5. The summed E-state index contributed by atoms with van der Waals surface area (Å²) >= 11 is 6.00. The monoisotopic (exact) mass is 333 g/mol. The topological polar surface area (TPSA) is 55.4 Å². The Labute approximate surface area is 132 Å². The Balaban J connectivity index is 2.61. The highest BCUT2D eigenvalue weighted by molar-refractivity contribution is 7.91. The lowest BCUT2D eigenvalue weighted by Crippen LogP contribution is -2.18. The molecule has 0 radical (unpaired) electrons. The Kier molecular flexibility index (Phi) is 8.07. The van der Waals surface area contributed by atoms with E-state index in [2.05, 4.69) is 12.2 Å². The lowest BCUT2D eigenvalue weighted by Gasteiger charge is -2.12. The van der Waals surface area contributed by atoms with Gasteiger partial charge in [0.1, 0.15) is 12.4 Å². The molecule has 0 bridgehead atoms. The molecule has 0 aromatic heterocycles. The Morgan fingerprint density at radius 2 is 1.95 bits per heavy atom. The van der Waals surface area contributed by atoms with E-state index in [1.807, 2.05) is 13.0 Å². The van der Waals surface area contributed by atoms with Gasteiger partial charge in [-0.1, -0.05) is 25.4 Å². The molecule has 1 N–H and O–H groups in total.